The number of hydrogen-bond acceptors (Lipinski definition) is 1. The SMILES string of the molecule is CC1CCC(C(C)C)C(Nc2cccc(Br)c2)C1. The third kappa shape index (κ3) is 3.50. The van der Waals surface area contributed by atoms with Crippen LogP contribution >= 0.6 is 15.9 Å². The second-order valence-electron chi connectivity index (χ2n) is 6.09. The Bertz CT molecular complexity index is 388. The largest absolute Gasteiger partial charge is 0.382 e. The molecule has 0 radical (unpaired) electrons. The van der Waals surface area contributed by atoms with Crippen molar-refractivity contribution in [3.8, 4) is 0 Å². The third-order valence-electron chi connectivity index (χ3n) is 4.20. The molecule has 0 spiro atoms. The van der Waals surface area contributed by atoms with Crippen molar-refractivity contribution in [2.75, 3.05) is 5.32 Å². The Balaban J connectivity index is 2.08. The Labute approximate surface area is 119 Å². The summed E-state index contributed by atoms with van der Waals surface area (Å²) in [6.45, 7) is 7.10. The zero-order valence-corrected chi connectivity index (χ0v) is 13.2. The van der Waals surface area contributed by atoms with Crippen molar-refractivity contribution in [3.05, 3.63) is 28.7 Å². The summed E-state index contributed by atoms with van der Waals surface area (Å²) in [6, 6.07) is 9.15. The molecule has 2 heteroatoms. The predicted octanol–water partition coefficient (Wildman–Crippen LogP) is 5.32. The topological polar surface area (TPSA) is 12.0 Å². The lowest BCUT2D eigenvalue weighted by atomic mass is 9.74. The minimum Gasteiger partial charge on any atom is -0.382 e. The minimum absolute atomic E-state index is 0.628. The maximum absolute atomic E-state index is 3.75. The molecule has 1 N–H and O–H groups in total. The van der Waals surface area contributed by atoms with Gasteiger partial charge in [0, 0.05) is 16.2 Å². The summed E-state index contributed by atoms with van der Waals surface area (Å²) < 4.78 is 1.15. The zero-order chi connectivity index (χ0) is 13.1. The van der Waals surface area contributed by atoms with E-state index in [2.05, 4.69) is 66.3 Å². The molecule has 3 unspecified atom stereocenters. The van der Waals surface area contributed by atoms with Gasteiger partial charge >= 0.3 is 0 Å². The summed E-state index contributed by atoms with van der Waals surface area (Å²) in [5, 5.41) is 3.75. The van der Waals surface area contributed by atoms with Crippen LogP contribution in [0.3, 0.4) is 0 Å². The van der Waals surface area contributed by atoms with E-state index in [1.165, 1.54) is 24.9 Å². The molecule has 0 bridgehead atoms. The number of rotatable bonds is 3. The molecule has 100 valence electrons. The zero-order valence-electron chi connectivity index (χ0n) is 11.6. The molecule has 1 aromatic carbocycles. The van der Waals surface area contributed by atoms with E-state index in [1.54, 1.807) is 0 Å². The molecule has 0 aromatic heterocycles. The average molecular weight is 310 g/mol. The van der Waals surface area contributed by atoms with Crippen molar-refractivity contribution < 1.29 is 0 Å². The van der Waals surface area contributed by atoms with Crippen LogP contribution in [0.1, 0.15) is 40.0 Å². The smallest absolute Gasteiger partial charge is 0.0353 e. The number of anilines is 1. The highest BCUT2D eigenvalue weighted by Gasteiger charge is 2.30. The highest BCUT2D eigenvalue weighted by molar-refractivity contribution is 9.10. The molecule has 0 saturated heterocycles. The van der Waals surface area contributed by atoms with Crippen LogP contribution in [-0.2, 0) is 0 Å². The van der Waals surface area contributed by atoms with Gasteiger partial charge in [-0.1, -0.05) is 49.2 Å². The molecule has 2 rings (SSSR count). The fourth-order valence-corrected chi connectivity index (χ4v) is 3.56. The summed E-state index contributed by atoms with van der Waals surface area (Å²) >= 11 is 3.54. The number of hydrogen-bond donors (Lipinski definition) is 1. The number of halogens is 1. The standard InChI is InChI=1S/C16H24BrN/c1-11(2)15-8-7-12(3)9-16(15)18-14-6-4-5-13(17)10-14/h4-6,10-12,15-16,18H,7-9H2,1-3H3. The molecule has 1 fully saturated rings. The van der Waals surface area contributed by atoms with Crippen molar-refractivity contribution in [2.24, 2.45) is 17.8 Å². The average Bonchev–Trinajstić information content (AvgIpc) is 2.28. The van der Waals surface area contributed by atoms with Gasteiger partial charge in [-0.3, -0.25) is 0 Å². The normalized spacial score (nSPS) is 28.4. The summed E-state index contributed by atoms with van der Waals surface area (Å²) in [6.07, 6.45) is 4.05. The quantitative estimate of drug-likeness (QED) is 0.796. The highest BCUT2D eigenvalue weighted by Crippen LogP contribution is 2.35. The molecule has 1 aliphatic carbocycles. The van der Waals surface area contributed by atoms with Crippen molar-refractivity contribution >= 4 is 21.6 Å². The Hall–Kier alpha value is -0.500. The van der Waals surface area contributed by atoms with Gasteiger partial charge in [-0.05, 0) is 48.8 Å². The first kappa shape index (κ1) is 13.9. The van der Waals surface area contributed by atoms with Crippen molar-refractivity contribution in [2.45, 2.75) is 46.1 Å². The van der Waals surface area contributed by atoms with Crippen LogP contribution in [0.15, 0.2) is 28.7 Å². The molecule has 1 aliphatic rings. The molecule has 0 amide bonds. The first-order valence-corrected chi connectivity index (χ1v) is 7.87. The lowest BCUT2D eigenvalue weighted by Gasteiger charge is -2.38. The maximum atomic E-state index is 3.75. The van der Waals surface area contributed by atoms with Crippen LogP contribution < -0.4 is 5.32 Å². The fourth-order valence-electron chi connectivity index (χ4n) is 3.16. The van der Waals surface area contributed by atoms with E-state index in [1.807, 2.05) is 0 Å². The van der Waals surface area contributed by atoms with Gasteiger partial charge in [-0.15, -0.1) is 0 Å². The van der Waals surface area contributed by atoms with Gasteiger partial charge in [0.25, 0.3) is 0 Å². The Morgan fingerprint density at radius 2 is 2.06 bits per heavy atom. The molecule has 0 heterocycles. The van der Waals surface area contributed by atoms with Crippen molar-refractivity contribution in [1.29, 1.82) is 0 Å². The molecule has 1 aromatic rings. The summed E-state index contributed by atoms with van der Waals surface area (Å²) in [4.78, 5) is 0. The van der Waals surface area contributed by atoms with Crippen molar-refractivity contribution in [3.63, 3.8) is 0 Å². The van der Waals surface area contributed by atoms with Gasteiger partial charge in [-0.2, -0.15) is 0 Å². The number of benzene rings is 1. The Morgan fingerprint density at radius 1 is 1.28 bits per heavy atom. The summed E-state index contributed by atoms with van der Waals surface area (Å²) in [5.41, 5.74) is 1.24. The third-order valence-corrected chi connectivity index (χ3v) is 4.69. The van der Waals surface area contributed by atoms with E-state index in [9.17, 15) is 0 Å². The van der Waals surface area contributed by atoms with Gasteiger partial charge < -0.3 is 5.32 Å². The molecular formula is C16H24BrN. The monoisotopic (exact) mass is 309 g/mol. The van der Waals surface area contributed by atoms with Gasteiger partial charge in [0.05, 0.1) is 0 Å². The Morgan fingerprint density at radius 3 is 2.72 bits per heavy atom. The first-order chi connectivity index (χ1) is 8.56. The van der Waals surface area contributed by atoms with Gasteiger partial charge in [0.2, 0.25) is 0 Å². The van der Waals surface area contributed by atoms with E-state index in [0.717, 1.165) is 22.2 Å². The highest BCUT2D eigenvalue weighted by atomic mass is 79.9. The lowest BCUT2D eigenvalue weighted by Crippen LogP contribution is -2.37. The maximum Gasteiger partial charge on any atom is 0.0353 e. The summed E-state index contributed by atoms with van der Waals surface area (Å²) in [5.74, 6) is 2.42. The van der Waals surface area contributed by atoms with Crippen LogP contribution in [0, 0.1) is 17.8 Å². The molecule has 0 aliphatic heterocycles. The van der Waals surface area contributed by atoms with Crippen LogP contribution in [0.25, 0.3) is 0 Å². The summed E-state index contributed by atoms with van der Waals surface area (Å²) in [7, 11) is 0. The van der Waals surface area contributed by atoms with Gasteiger partial charge in [0.1, 0.15) is 0 Å². The van der Waals surface area contributed by atoms with E-state index in [-0.39, 0.29) is 0 Å². The van der Waals surface area contributed by atoms with Crippen LogP contribution in [0.4, 0.5) is 5.69 Å². The van der Waals surface area contributed by atoms with Crippen molar-refractivity contribution in [1.82, 2.24) is 0 Å². The molecular weight excluding hydrogens is 286 g/mol. The van der Waals surface area contributed by atoms with E-state index < -0.39 is 0 Å². The number of nitrogens with one attached hydrogen (secondary N) is 1. The predicted molar refractivity (Wildman–Crippen MR) is 82.9 cm³/mol. The minimum atomic E-state index is 0.628. The molecule has 18 heavy (non-hydrogen) atoms. The second kappa shape index (κ2) is 6.10. The van der Waals surface area contributed by atoms with E-state index in [4.69, 9.17) is 0 Å². The second-order valence-corrected chi connectivity index (χ2v) is 7.00. The molecule has 3 atom stereocenters. The fraction of sp³-hybridized carbons (Fsp3) is 0.625. The Kier molecular flexibility index (Phi) is 4.71. The van der Waals surface area contributed by atoms with E-state index >= 15 is 0 Å². The van der Waals surface area contributed by atoms with Crippen LogP contribution in [0.5, 0.6) is 0 Å². The van der Waals surface area contributed by atoms with E-state index in [0.29, 0.717) is 6.04 Å². The molecule has 1 saturated carbocycles. The lowest BCUT2D eigenvalue weighted by molar-refractivity contribution is 0.212. The molecule has 1 nitrogen and oxygen atoms in total. The first-order valence-electron chi connectivity index (χ1n) is 7.08. The van der Waals surface area contributed by atoms with Gasteiger partial charge in [-0.25, -0.2) is 0 Å². The van der Waals surface area contributed by atoms with Crippen LogP contribution in [0.2, 0.25) is 0 Å². The van der Waals surface area contributed by atoms with Crippen LogP contribution in [-0.4, -0.2) is 6.04 Å². The van der Waals surface area contributed by atoms with Gasteiger partial charge in [0.15, 0.2) is 0 Å².